The van der Waals surface area contributed by atoms with Crippen LogP contribution >= 0.6 is 0 Å². The van der Waals surface area contributed by atoms with E-state index in [0.717, 1.165) is 0 Å². The Kier molecular flexibility index (Phi) is 2.47. The minimum absolute atomic E-state index is 0.178. The molecule has 5 heteroatoms. The zero-order chi connectivity index (χ0) is 8.97. The minimum atomic E-state index is -0.430. The molecule has 12 heavy (non-hydrogen) atoms. The second-order valence-electron chi connectivity index (χ2n) is 2.05. The standard InChI is InChI=1S/C7H8N3O2/c1-8-7(12)10-5-4-9-3-2-6(5)11/h3-4H,1H3,(H,9,11)(H2,8,10,12). The Morgan fingerprint density at radius 2 is 2.42 bits per heavy atom. The molecule has 0 aliphatic carbocycles. The first-order valence-electron chi connectivity index (χ1n) is 3.31. The Balaban J connectivity index is 2.83. The molecule has 1 aromatic heterocycles. The number of carbonyl (C=O) groups excluding carboxylic acids is 1. The van der Waals surface area contributed by atoms with E-state index < -0.39 is 6.03 Å². The highest BCUT2D eigenvalue weighted by atomic mass is 16.2. The summed E-state index contributed by atoms with van der Waals surface area (Å²) in [7, 11) is 1.47. The van der Waals surface area contributed by atoms with Crippen molar-refractivity contribution < 1.29 is 4.79 Å². The zero-order valence-corrected chi connectivity index (χ0v) is 6.47. The van der Waals surface area contributed by atoms with Gasteiger partial charge in [0.05, 0.1) is 6.07 Å². The summed E-state index contributed by atoms with van der Waals surface area (Å²) in [4.78, 5) is 24.3. The quantitative estimate of drug-likeness (QED) is 0.546. The fourth-order valence-corrected chi connectivity index (χ4v) is 0.653. The Morgan fingerprint density at radius 1 is 1.67 bits per heavy atom. The number of H-pyrrole nitrogens is 1. The lowest BCUT2D eigenvalue weighted by Crippen LogP contribution is -2.27. The molecule has 0 bridgehead atoms. The van der Waals surface area contributed by atoms with Gasteiger partial charge in [0.1, 0.15) is 5.69 Å². The molecule has 0 unspecified atom stereocenters. The molecule has 0 aliphatic heterocycles. The summed E-state index contributed by atoms with van der Waals surface area (Å²) >= 11 is 0. The molecule has 1 aromatic rings. The molecule has 0 atom stereocenters. The van der Waals surface area contributed by atoms with Gasteiger partial charge >= 0.3 is 6.03 Å². The summed E-state index contributed by atoms with van der Waals surface area (Å²) in [5.74, 6) is 0. The fraction of sp³-hybridized carbons (Fsp3) is 0.143. The van der Waals surface area contributed by atoms with E-state index in [-0.39, 0.29) is 11.1 Å². The lowest BCUT2D eigenvalue weighted by atomic mass is 10.4. The van der Waals surface area contributed by atoms with Crippen LogP contribution in [0, 0.1) is 6.07 Å². The third-order valence-electron chi connectivity index (χ3n) is 1.23. The Bertz CT molecular complexity index is 331. The van der Waals surface area contributed by atoms with Crippen molar-refractivity contribution in [1.82, 2.24) is 10.3 Å². The van der Waals surface area contributed by atoms with Crippen LogP contribution < -0.4 is 16.1 Å². The van der Waals surface area contributed by atoms with Gasteiger partial charge in [-0.15, -0.1) is 0 Å². The Morgan fingerprint density at radius 3 is 3.00 bits per heavy atom. The van der Waals surface area contributed by atoms with Gasteiger partial charge in [-0.05, 0) is 0 Å². The van der Waals surface area contributed by atoms with Crippen LogP contribution in [-0.4, -0.2) is 18.1 Å². The van der Waals surface area contributed by atoms with Crippen LogP contribution in [0.2, 0.25) is 0 Å². The summed E-state index contributed by atoms with van der Waals surface area (Å²) in [6.07, 6.45) is 2.77. The van der Waals surface area contributed by atoms with E-state index in [1.165, 1.54) is 19.4 Å². The molecule has 3 N–H and O–H groups in total. The molecule has 1 rings (SSSR count). The zero-order valence-electron chi connectivity index (χ0n) is 6.47. The van der Waals surface area contributed by atoms with Crippen LogP contribution in [0.25, 0.3) is 0 Å². The largest absolute Gasteiger partial charge is 0.365 e. The summed E-state index contributed by atoms with van der Waals surface area (Å²) in [5, 5.41) is 4.66. The minimum Gasteiger partial charge on any atom is -0.365 e. The number of pyridine rings is 1. The molecule has 2 amide bonds. The summed E-state index contributed by atoms with van der Waals surface area (Å²) in [5.41, 5.74) is -0.172. The predicted molar refractivity (Wildman–Crippen MR) is 44.0 cm³/mol. The molecular weight excluding hydrogens is 158 g/mol. The van der Waals surface area contributed by atoms with Gasteiger partial charge in [0.15, 0.2) is 0 Å². The van der Waals surface area contributed by atoms with Crippen molar-refractivity contribution >= 4 is 11.7 Å². The van der Waals surface area contributed by atoms with Gasteiger partial charge in [-0.1, -0.05) is 0 Å². The fourth-order valence-electron chi connectivity index (χ4n) is 0.653. The first-order valence-corrected chi connectivity index (χ1v) is 3.31. The maximum atomic E-state index is 11.0. The van der Waals surface area contributed by atoms with Crippen molar-refractivity contribution in [3.8, 4) is 0 Å². The number of hydrogen-bond donors (Lipinski definition) is 3. The molecule has 0 aromatic carbocycles. The third-order valence-corrected chi connectivity index (χ3v) is 1.23. The van der Waals surface area contributed by atoms with E-state index in [2.05, 4.69) is 21.7 Å². The molecular formula is C7H8N3O2. The van der Waals surface area contributed by atoms with E-state index in [9.17, 15) is 9.59 Å². The van der Waals surface area contributed by atoms with Crippen LogP contribution in [0.3, 0.4) is 0 Å². The van der Waals surface area contributed by atoms with Gasteiger partial charge in [0.2, 0.25) is 5.43 Å². The number of rotatable bonds is 1. The predicted octanol–water partition coefficient (Wildman–Crippen LogP) is -0.0736. The lowest BCUT2D eigenvalue weighted by molar-refractivity contribution is 0.254. The maximum absolute atomic E-state index is 11.0. The Labute approximate surface area is 68.8 Å². The first kappa shape index (κ1) is 8.32. The van der Waals surface area contributed by atoms with Gasteiger partial charge in [0.25, 0.3) is 0 Å². The van der Waals surface area contributed by atoms with Gasteiger partial charge in [-0.25, -0.2) is 4.79 Å². The van der Waals surface area contributed by atoms with Crippen molar-refractivity contribution in [3.63, 3.8) is 0 Å². The number of urea groups is 1. The van der Waals surface area contributed by atoms with Crippen LogP contribution in [-0.2, 0) is 0 Å². The number of aromatic nitrogens is 1. The number of carbonyl (C=O) groups is 1. The van der Waals surface area contributed by atoms with Gasteiger partial charge in [0, 0.05) is 19.4 Å². The number of hydrogen-bond acceptors (Lipinski definition) is 2. The van der Waals surface area contributed by atoms with Crippen molar-refractivity contribution in [3.05, 3.63) is 28.7 Å². The van der Waals surface area contributed by atoms with Gasteiger partial charge < -0.3 is 15.6 Å². The number of amides is 2. The monoisotopic (exact) mass is 166 g/mol. The molecule has 0 fully saturated rings. The average molecular weight is 166 g/mol. The van der Waals surface area contributed by atoms with Crippen LogP contribution in [0.4, 0.5) is 10.5 Å². The smallest absolute Gasteiger partial charge is 0.319 e. The first-order chi connectivity index (χ1) is 5.74. The molecule has 1 radical (unpaired) electrons. The average Bonchev–Trinajstić information content (AvgIpc) is 2.09. The van der Waals surface area contributed by atoms with E-state index in [1.807, 2.05) is 0 Å². The SMILES string of the molecule is CNC(=O)Nc1c[nH]c[c]c1=O. The van der Waals surface area contributed by atoms with Gasteiger partial charge in [-0.3, -0.25) is 4.79 Å². The molecule has 0 saturated carbocycles. The molecule has 0 aliphatic rings. The van der Waals surface area contributed by atoms with E-state index in [1.54, 1.807) is 0 Å². The van der Waals surface area contributed by atoms with Crippen LogP contribution in [0.1, 0.15) is 0 Å². The molecule has 0 saturated heterocycles. The van der Waals surface area contributed by atoms with Gasteiger partial charge in [-0.2, -0.15) is 0 Å². The topological polar surface area (TPSA) is 74.0 Å². The molecule has 63 valence electrons. The second kappa shape index (κ2) is 3.56. The van der Waals surface area contributed by atoms with Crippen molar-refractivity contribution in [2.45, 2.75) is 0 Å². The maximum Gasteiger partial charge on any atom is 0.319 e. The van der Waals surface area contributed by atoms with Crippen LogP contribution in [0.15, 0.2) is 17.2 Å². The number of nitrogens with one attached hydrogen (secondary N) is 3. The second-order valence-corrected chi connectivity index (χ2v) is 2.05. The number of anilines is 1. The van der Waals surface area contributed by atoms with Crippen molar-refractivity contribution in [2.75, 3.05) is 12.4 Å². The molecule has 5 nitrogen and oxygen atoms in total. The van der Waals surface area contributed by atoms with E-state index >= 15 is 0 Å². The summed E-state index contributed by atoms with van der Waals surface area (Å²) in [6, 6.07) is 1.95. The lowest BCUT2D eigenvalue weighted by Gasteiger charge is -2.00. The van der Waals surface area contributed by atoms with E-state index in [0.29, 0.717) is 0 Å². The summed E-state index contributed by atoms with van der Waals surface area (Å²) in [6.45, 7) is 0. The third kappa shape index (κ3) is 1.85. The Hall–Kier alpha value is -1.78. The highest BCUT2D eigenvalue weighted by molar-refractivity contribution is 5.88. The highest BCUT2D eigenvalue weighted by Gasteiger charge is 2.00. The molecule has 0 spiro atoms. The normalized spacial score (nSPS) is 9.08. The van der Waals surface area contributed by atoms with Crippen molar-refractivity contribution in [2.24, 2.45) is 0 Å². The van der Waals surface area contributed by atoms with E-state index in [4.69, 9.17) is 0 Å². The molecule has 1 heterocycles. The number of aromatic amines is 1. The van der Waals surface area contributed by atoms with Crippen LogP contribution in [0.5, 0.6) is 0 Å². The van der Waals surface area contributed by atoms with Crippen molar-refractivity contribution in [1.29, 1.82) is 0 Å². The highest BCUT2D eigenvalue weighted by Crippen LogP contribution is 1.92. The summed E-state index contributed by atoms with van der Waals surface area (Å²) < 4.78 is 0.